The molecule has 0 heteroatoms. The van der Waals surface area contributed by atoms with Crippen LogP contribution >= 0.6 is 0 Å². The SMILES string of the molecule is CC[C@H]1CCc2c1ccc1c2ccc2c3c(ccc21)C(C)(C)CCC3. The molecule has 0 bridgehead atoms. The smallest absolute Gasteiger partial charge is 0.0100 e. The minimum atomic E-state index is 0.322. The molecule has 0 spiro atoms. The molecular formula is C25H28. The molecule has 0 aromatic heterocycles. The van der Waals surface area contributed by atoms with Gasteiger partial charge in [0.25, 0.3) is 0 Å². The van der Waals surface area contributed by atoms with Gasteiger partial charge in [-0.15, -0.1) is 0 Å². The number of fused-ring (bicyclic) bond motifs is 7. The van der Waals surface area contributed by atoms with Gasteiger partial charge >= 0.3 is 0 Å². The molecule has 25 heavy (non-hydrogen) atoms. The van der Waals surface area contributed by atoms with Crippen LogP contribution in [0.3, 0.4) is 0 Å². The van der Waals surface area contributed by atoms with Crippen molar-refractivity contribution in [3.63, 3.8) is 0 Å². The van der Waals surface area contributed by atoms with Gasteiger partial charge in [-0.25, -0.2) is 0 Å². The summed E-state index contributed by atoms with van der Waals surface area (Å²) in [6, 6.07) is 14.5. The predicted octanol–water partition coefficient (Wildman–Crippen LogP) is 7.05. The second kappa shape index (κ2) is 5.34. The van der Waals surface area contributed by atoms with Crippen molar-refractivity contribution in [3.05, 3.63) is 58.7 Å². The summed E-state index contributed by atoms with van der Waals surface area (Å²) in [4.78, 5) is 0. The molecule has 128 valence electrons. The van der Waals surface area contributed by atoms with Crippen LogP contribution < -0.4 is 0 Å². The minimum absolute atomic E-state index is 0.322. The molecule has 0 nitrogen and oxygen atoms in total. The molecule has 0 saturated carbocycles. The summed E-state index contributed by atoms with van der Waals surface area (Å²) in [6.07, 6.45) is 7.74. The highest BCUT2D eigenvalue weighted by molar-refractivity contribution is 6.10. The minimum Gasteiger partial charge on any atom is -0.0648 e. The first kappa shape index (κ1) is 15.4. The molecule has 0 radical (unpaired) electrons. The molecule has 0 amide bonds. The zero-order valence-corrected chi connectivity index (χ0v) is 15.8. The first-order valence-corrected chi connectivity index (χ1v) is 10.1. The Morgan fingerprint density at radius 2 is 1.52 bits per heavy atom. The van der Waals surface area contributed by atoms with Gasteiger partial charge in [-0.3, -0.25) is 0 Å². The van der Waals surface area contributed by atoms with E-state index in [9.17, 15) is 0 Å². The molecule has 0 unspecified atom stereocenters. The van der Waals surface area contributed by atoms with Crippen molar-refractivity contribution < 1.29 is 0 Å². The van der Waals surface area contributed by atoms with Crippen molar-refractivity contribution >= 4 is 21.5 Å². The van der Waals surface area contributed by atoms with Crippen LogP contribution in [0.1, 0.15) is 74.6 Å². The Morgan fingerprint density at radius 1 is 0.840 bits per heavy atom. The third-order valence-corrected chi connectivity index (χ3v) is 7.09. The fourth-order valence-corrected chi connectivity index (χ4v) is 5.67. The van der Waals surface area contributed by atoms with E-state index in [1.54, 1.807) is 22.3 Å². The van der Waals surface area contributed by atoms with Gasteiger partial charge in [-0.2, -0.15) is 0 Å². The first-order chi connectivity index (χ1) is 12.1. The van der Waals surface area contributed by atoms with Crippen molar-refractivity contribution in [1.82, 2.24) is 0 Å². The van der Waals surface area contributed by atoms with Crippen molar-refractivity contribution in [3.8, 4) is 0 Å². The Balaban J connectivity index is 1.80. The molecule has 0 saturated heterocycles. The fourth-order valence-electron chi connectivity index (χ4n) is 5.67. The van der Waals surface area contributed by atoms with Crippen LogP contribution in [0.15, 0.2) is 36.4 Å². The Morgan fingerprint density at radius 3 is 2.28 bits per heavy atom. The van der Waals surface area contributed by atoms with Crippen molar-refractivity contribution in [2.75, 3.05) is 0 Å². The molecule has 3 aromatic rings. The van der Waals surface area contributed by atoms with Gasteiger partial charge in [-0.1, -0.05) is 57.2 Å². The van der Waals surface area contributed by atoms with Gasteiger partial charge in [0, 0.05) is 0 Å². The zero-order valence-electron chi connectivity index (χ0n) is 15.8. The zero-order chi connectivity index (χ0) is 17.2. The lowest BCUT2D eigenvalue weighted by atomic mass is 9.71. The Labute approximate surface area is 151 Å². The summed E-state index contributed by atoms with van der Waals surface area (Å²) in [7, 11) is 0. The third-order valence-electron chi connectivity index (χ3n) is 7.09. The highest BCUT2D eigenvalue weighted by Gasteiger charge is 2.29. The molecule has 2 aliphatic carbocycles. The molecular weight excluding hydrogens is 300 g/mol. The number of rotatable bonds is 1. The molecule has 0 N–H and O–H groups in total. The Kier molecular flexibility index (Phi) is 3.29. The van der Waals surface area contributed by atoms with Crippen LogP contribution in [-0.4, -0.2) is 0 Å². The van der Waals surface area contributed by atoms with Crippen LogP contribution in [0.5, 0.6) is 0 Å². The molecule has 0 fully saturated rings. The second-order valence-electron chi connectivity index (χ2n) is 8.86. The first-order valence-electron chi connectivity index (χ1n) is 10.1. The largest absolute Gasteiger partial charge is 0.0648 e. The van der Waals surface area contributed by atoms with Crippen molar-refractivity contribution in [2.24, 2.45) is 0 Å². The molecule has 5 rings (SSSR count). The van der Waals surface area contributed by atoms with E-state index in [0.29, 0.717) is 5.41 Å². The van der Waals surface area contributed by atoms with Crippen molar-refractivity contribution in [2.45, 2.75) is 70.6 Å². The average Bonchev–Trinajstić information content (AvgIpc) is 3.04. The summed E-state index contributed by atoms with van der Waals surface area (Å²) in [6.45, 7) is 7.16. The normalized spacial score (nSPS) is 21.5. The van der Waals surface area contributed by atoms with Crippen LogP contribution in [-0.2, 0) is 18.3 Å². The monoisotopic (exact) mass is 328 g/mol. The van der Waals surface area contributed by atoms with E-state index in [1.807, 2.05) is 0 Å². The van der Waals surface area contributed by atoms with E-state index >= 15 is 0 Å². The third kappa shape index (κ3) is 2.13. The van der Waals surface area contributed by atoms with Gasteiger partial charge in [0.15, 0.2) is 0 Å². The molecule has 3 aromatic carbocycles. The van der Waals surface area contributed by atoms with E-state index in [0.717, 1.165) is 5.92 Å². The molecule has 0 heterocycles. The van der Waals surface area contributed by atoms with Gasteiger partial charge in [0.1, 0.15) is 0 Å². The standard InChI is InChI=1S/C25H28/c1-4-16-7-8-18-17(16)9-10-20-19(18)11-12-22-21(20)13-14-24-23(22)6-5-15-25(24,2)3/h9-14,16H,4-8,15H2,1-3H3/t16-/m0/s1. The lowest BCUT2D eigenvalue weighted by Crippen LogP contribution is -2.23. The molecule has 1 atom stereocenters. The topological polar surface area (TPSA) is 0 Å². The predicted molar refractivity (Wildman–Crippen MR) is 109 cm³/mol. The maximum absolute atomic E-state index is 2.43. The van der Waals surface area contributed by atoms with E-state index in [2.05, 4.69) is 57.2 Å². The van der Waals surface area contributed by atoms with E-state index in [1.165, 1.54) is 60.1 Å². The summed E-state index contributed by atoms with van der Waals surface area (Å²) in [5, 5.41) is 5.95. The van der Waals surface area contributed by atoms with Gasteiger partial charge in [-0.05, 0) is 93.7 Å². The molecule has 0 aliphatic heterocycles. The summed E-state index contributed by atoms with van der Waals surface area (Å²) >= 11 is 0. The number of benzene rings is 3. The number of hydrogen-bond acceptors (Lipinski definition) is 0. The van der Waals surface area contributed by atoms with E-state index in [-0.39, 0.29) is 0 Å². The average molecular weight is 328 g/mol. The van der Waals surface area contributed by atoms with Crippen LogP contribution in [0, 0.1) is 0 Å². The number of hydrogen-bond donors (Lipinski definition) is 0. The molecule has 2 aliphatic rings. The summed E-state index contributed by atoms with van der Waals surface area (Å²) in [5.41, 5.74) is 6.77. The van der Waals surface area contributed by atoms with Crippen LogP contribution in [0.25, 0.3) is 21.5 Å². The highest BCUT2D eigenvalue weighted by Crippen LogP contribution is 2.44. The fraction of sp³-hybridized carbons (Fsp3) is 0.440. The Bertz CT molecular complexity index is 990. The van der Waals surface area contributed by atoms with E-state index < -0.39 is 0 Å². The Hall–Kier alpha value is -1.82. The highest BCUT2D eigenvalue weighted by atomic mass is 14.3. The quantitative estimate of drug-likeness (QED) is 0.420. The van der Waals surface area contributed by atoms with Gasteiger partial charge < -0.3 is 0 Å². The summed E-state index contributed by atoms with van der Waals surface area (Å²) in [5.74, 6) is 0.777. The summed E-state index contributed by atoms with van der Waals surface area (Å²) < 4.78 is 0. The van der Waals surface area contributed by atoms with E-state index in [4.69, 9.17) is 0 Å². The maximum atomic E-state index is 2.43. The lowest BCUT2D eigenvalue weighted by Gasteiger charge is -2.33. The second-order valence-corrected chi connectivity index (χ2v) is 8.86. The van der Waals surface area contributed by atoms with Crippen LogP contribution in [0.2, 0.25) is 0 Å². The van der Waals surface area contributed by atoms with Gasteiger partial charge in [0.05, 0.1) is 0 Å². The van der Waals surface area contributed by atoms with Crippen LogP contribution in [0.4, 0.5) is 0 Å². The van der Waals surface area contributed by atoms with Gasteiger partial charge in [0.2, 0.25) is 0 Å². The van der Waals surface area contributed by atoms with Crippen molar-refractivity contribution in [1.29, 1.82) is 0 Å². The lowest BCUT2D eigenvalue weighted by molar-refractivity contribution is 0.433. The number of aryl methyl sites for hydroxylation is 2. The maximum Gasteiger partial charge on any atom is -0.0100 e.